The molecule has 0 radical (unpaired) electrons. The Hall–Kier alpha value is -2.43. The Morgan fingerprint density at radius 3 is 2.69 bits per heavy atom. The fraction of sp³-hybridized carbons (Fsp3) is 0.333. The van der Waals surface area contributed by atoms with Crippen LogP contribution in [0.1, 0.15) is 12.0 Å². The van der Waals surface area contributed by atoms with Crippen molar-refractivity contribution in [2.75, 3.05) is 24.3 Å². The van der Waals surface area contributed by atoms with Crippen LogP contribution in [0, 0.1) is 6.92 Å². The van der Waals surface area contributed by atoms with Crippen molar-refractivity contribution in [3.8, 4) is 17.1 Å². The number of hydrogen-bond donors (Lipinski definition) is 0. The summed E-state index contributed by atoms with van der Waals surface area (Å²) in [5.41, 5.74) is 2.52. The molecule has 0 spiro atoms. The topological polar surface area (TPSA) is 98.1 Å². The van der Waals surface area contributed by atoms with Crippen molar-refractivity contribution in [2.24, 2.45) is 0 Å². The van der Waals surface area contributed by atoms with Gasteiger partial charge < -0.3 is 4.90 Å². The zero-order chi connectivity index (χ0) is 22.9. The van der Waals surface area contributed by atoms with Crippen LogP contribution in [0.3, 0.4) is 0 Å². The fourth-order valence-corrected chi connectivity index (χ4v) is 6.43. The van der Waals surface area contributed by atoms with E-state index in [1.54, 1.807) is 19.4 Å². The lowest BCUT2D eigenvalue weighted by atomic mass is 10.2. The summed E-state index contributed by atoms with van der Waals surface area (Å²) < 4.78 is 25.4. The second-order valence-electron chi connectivity index (χ2n) is 7.61. The summed E-state index contributed by atoms with van der Waals surface area (Å²) in [6.07, 6.45) is 3.83. The van der Waals surface area contributed by atoms with Crippen molar-refractivity contribution in [3.05, 3.63) is 53.3 Å². The van der Waals surface area contributed by atoms with Crippen LogP contribution in [0.15, 0.2) is 47.9 Å². The van der Waals surface area contributed by atoms with Crippen LogP contribution in [-0.2, 0) is 14.6 Å². The Morgan fingerprint density at radius 1 is 1.25 bits per heavy atom. The molecule has 2 aromatic heterocycles. The van der Waals surface area contributed by atoms with E-state index in [2.05, 4.69) is 15.2 Å². The second kappa shape index (κ2) is 9.21. The van der Waals surface area contributed by atoms with Gasteiger partial charge in [0, 0.05) is 36.1 Å². The van der Waals surface area contributed by atoms with Crippen LogP contribution in [-0.4, -0.2) is 69.3 Å². The van der Waals surface area contributed by atoms with E-state index in [0.29, 0.717) is 22.4 Å². The van der Waals surface area contributed by atoms with Gasteiger partial charge in [-0.25, -0.2) is 8.42 Å². The molecule has 3 heterocycles. The summed E-state index contributed by atoms with van der Waals surface area (Å²) in [6.45, 7) is 1.92. The van der Waals surface area contributed by atoms with Gasteiger partial charge in [0.05, 0.1) is 22.9 Å². The zero-order valence-electron chi connectivity index (χ0n) is 17.6. The summed E-state index contributed by atoms with van der Waals surface area (Å²) >= 11 is 7.62. The van der Waals surface area contributed by atoms with Crippen LogP contribution in [0.2, 0.25) is 5.02 Å². The molecule has 1 aliphatic heterocycles. The quantitative estimate of drug-likeness (QED) is 0.489. The minimum absolute atomic E-state index is 0.0178. The lowest BCUT2D eigenvalue weighted by Crippen LogP contribution is -2.38. The molecule has 1 saturated heterocycles. The first-order valence-electron chi connectivity index (χ1n) is 9.97. The number of pyridine rings is 1. The number of carbonyl (C=O) groups is 1. The fourth-order valence-electron chi connectivity index (χ4n) is 3.62. The molecule has 1 aliphatic rings. The zero-order valence-corrected chi connectivity index (χ0v) is 20.0. The van der Waals surface area contributed by atoms with Crippen molar-refractivity contribution in [1.29, 1.82) is 0 Å². The Morgan fingerprint density at radius 2 is 2.00 bits per heavy atom. The van der Waals surface area contributed by atoms with E-state index in [1.807, 2.05) is 41.8 Å². The highest BCUT2D eigenvalue weighted by atomic mass is 35.5. The molecule has 4 rings (SSSR count). The van der Waals surface area contributed by atoms with E-state index in [4.69, 9.17) is 11.6 Å². The molecular formula is C21H22ClN5O3S2. The van der Waals surface area contributed by atoms with Gasteiger partial charge in [0.15, 0.2) is 20.8 Å². The van der Waals surface area contributed by atoms with Crippen molar-refractivity contribution >= 4 is 39.1 Å². The van der Waals surface area contributed by atoms with Crippen LogP contribution in [0.5, 0.6) is 0 Å². The standard InChI is InChI=1S/C21H22ClN5O3S2/c1-14-17(22)4-3-5-18(14)27-20(15-6-9-23-10-7-15)24-25-21(27)31-12-19(28)26(2)16-8-11-32(29,30)13-16/h3-7,9-10,16H,8,11-13H2,1-2H3. The molecule has 0 saturated carbocycles. The minimum atomic E-state index is -3.06. The van der Waals surface area contributed by atoms with Gasteiger partial charge in [0.2, 0.25) is 5.91 Å². The molecule has 32 heavy (non-hydrogen) atoms. The number of halogens is 1. The van der Waals surface area contributed by atoms with Gasteiger partial charge in [-0.05, 0) is 43.2 Å². The van der Waals surface area contributed by atoms with Gasteiger partial charge in [-0.3, -0.25) is 14.3 Å². The predicted molar refractivity (Wildman–Crippen MR) is 125 cm³/mol. The normalized spacial score (nSPS) is 17.4. The molecular weight excluding hydrogens is 470 g/mol. The highest BCUT2D eigenvalue weighted by Gasteiger charge is 2.32. The number of nitrogens with zero attached hydrogens (tertiary/aromatic N) is 5. The van der Waals surface area contributed by atoms with Gasteiger partial charge in [-0.2, -0.15) is 0 Å². The molecule has 1 unspecified atom stereocenters. The lowest BCUT2D eigenvalue weighted by Gasteiger charge is -2.23. The van der Waals surface area contributed by atoms with E-state index < -0.39 is 9.84 Å². The van der Waals surface area contributed by atoms with Crippen molar-refractivity contribution < 1.29 is 13.2 Å². The summed E-state index contributed by atoms with van der Waals surface area (Å²) in [6, 6.07) is 9.00. The van der Waals surface area contributed by atoms with Crippen LogP contribution < -0.4 is 0 Å². The maximum atomic E-state index is 12.8. The smallest absolute Gasteiger partial charge is 0.233 e. The van der Waals surface area contributed by atoms with Crippen LogP contribution in [0.4, 0.5) is 0 Å². The number of hydrogen-bond acceptors (Lipinski definition) is 7. The van der Waals surface area contributed by atoms with Gasteiger partial charge in [0.1, 0.15) is 0 Å². The monoisotopic (exact) mass is 491 g/mol. The number of rotatable bonds is 6. The summed E-state index contributed by atoms with van der Waals surface area (Å²) in [7, 11) is -1.41. The molecule has 0 aliphatic carbocycles. The van der Waals surface area contributed by atoms with E-state index in [-0.39, 0.29) is 29.2 Å². The number of carbonyl (C=O) groups excluding carboxylic acids is 1. The van der Waals surface area contributed by atoms with Gasteiger partial charge in [-0.1, -0.05) is 29.4 Å². The predicted octanol–water partition coefficient (Wildman–Crippen LogP) is 3.03. The van der Waals surface area contributed by atoms with Gasteiger partial charge in [0.25, 0.3) is 0 Å². The highest BCUT2D eigenvalue weighted by molar-refractivity contribution is 7.99. The minimum Gasteiger partial charge on any atom is -0.341 e. The van der Waals surface area contributed by atoms with E-state index >= 15 is 0 Å². The molecule has 0 bridgehead atoms. The third kappa shape index (κ3) is 4.67. The lowest BCUT2D eigenvalue weighted by molar-refractivity contribution is -0.128. The Labute approximate surface area is 195 Å². The Balaban J connectivity index is 1.62. The maximum absolute atomic E-state index is 12.8. The van der Waals surface area contributed by atoms with Gasteiger partial charge in [-0.15, -0.1) is 10.2 Å². The number of amides is 1. The van der Waals surface area contributed by atoms with Crippen molar-refractivity contribution in [3.63, 3.8) is 0 Å². The van der Waals surface area contributed by atoms with Crippen LogP contribution >= 0.6 is 23.4 Å². The number of benzene rings is 1. The Bertz CT molecular complexity index is 1250. The summed E-state index contributed by atoms with van der Waals surface area (Å²) in [4.78, 5) is 18.4. The molecule has 11 heteroatoms. The van der Waals surface area contributed by atoms with Crippen LogP contribution in [0.25, 0.3) is 17.1 Å². The molecule has 168 valence electrons. The summed E-state index contributed by atoms with van der Waals surface area (Å²) in [5.74, 6) is 0.716. The first-order chi connectivity index (χ1) is 15.3. The third-order valence-corrected chi connectivity index (χ3v) is 8.60. The molecule has 1 aromatic carbocycles. The van der Waals surface area contributed by atoms with E-state index in [0.717, 1.165) is 16.8 Å². The molecule has 1 atom stereocenters. The third-order valence-electron chi connectivity index (χ3n) is 5.53. The molecule has 0 N–H and O–H groups in total. The number of aromatic nitrogens is 4. The SMILES string of the molecule is Cc1c(Cl)cccc1-n1c(SCC(=O)N(C)C2CCS(=O)(=O)C2)nnc1-c1ccncc1. The molecule has 3 aromatic rings. The maximum Gasteiger partial charge on any atom is 0.233 e. The van der Waals surface area contributed by atoms with Crippen molar-refractivity contribution in [2.45, 2.75) is 24.5 Å². The highest BCUT2D eigenvalue weighted by Crippen LogP contribution is 2.31. The Kier molecular flexibility index (Phi) is 6.55. The second-order valence-corrected chi connectivity index (χ2v) is 11.2. The summed E-state index contributed by atoms with van der Waals surface area (Å²) in [5, 5.41) is 9.87. The number of thioether (sulfide) groups is 1. The average Bonchev–Trinajstić information content (AvgIpc) is 3.37. The largest absolute Gasteiger partial charge is 0.341 e. The molecule has 1 amide bonds. The van der Waals surface area contributed by atoms with E-state index in [1.165, 1.54) is 16.7 Å². The molecule has 1 fully saturated rings. The van der Waals surface area contributed by atoms with Crippen molar-refractivity contribution in [1.82, 2.24) is 24.6 Å². The first-order valence-corrected chi connectivity index (χ1v) is 13.2. The first kappa shape index (κ1) is 22.8. The van der Waals surface area contributed by atoms with E-state index in [9.17, 15) is 13.2 Å². The van der Waals surface area contributed by atoms with Gasteiger partial charge >= 0.3 is 0 Å². The average molecular weight is 492 g/mol. The molecule has 8 nitrogen and oxygen atoms in total. The number of sulfone groups is 1.